The molecule has 90 valence electrons. The second kappa shape index (κ2) is 4.41. The van der Waals surface area contributed by atoms with Gasteiger partial charge in [-0.25, -0.2) is 0 Å². The molecular weight excluding hydrogens is 212 g/mol. The molecule has 2 heterocycles. The van der Waals surface area contributed by atoms with Crippen molar-refractivity contribution in [3.63, 3.8) is 0 Å². The average molecular weight is 230 g/mol. The molecule has 3 heteroatoms. The van der Waals surface area contributed by atoms with Gasteiger partial charge in [0.05, 0.1) is 7.11 Å². The maximum Gasteiger partial charge on any atom is 0.120 e. The topological polar surface area (TPSA) is 37.0 Å². The summed E-state index contributed by atoms with van der Waals surface area (Å²) < 4.78 is 5.24. The van der Waals surface area contributed by atoms with Gasteiger partial charge in [-0.05, 0) is 43.0 Å². The zero-order valence-corrected chi connectivity index (χ0v) is 10.1. The minimum atomic E-state index is 0.644. The van der Waals surface area contributed by atoms with Crippen LogP contribution >= 0.6 is 0 Å². The van der Waals surface area contributed by atoms with E-state index in [0.717, 1.165) is 18.8 Å². The summed E-state index contributed by atoms with van der Waals surface area (Å²) in [5.74, 6) is 1.55. The Kier molecular flexibility index (Phi) is 2.77. The highest BCUT2D eigenvalue weighted by molar-refractivity contribution is 5.85. The van der Waals surface area contributed by atoms with Crippen LogP contribution in [0.3, 0.4) is 0 Å². The standard InChI is InChI=1S/C14H18N2O/c1-17-11-4-5-12-13(9-16-14(12)7-11)10-3-2-6-15-8-10/h4-5,7,9-10,15-16H,2-3,6,8H2,1H3. The number of hydrogen-bond acceptors (Lipinski definition) is 2. The first-order valence-corrected chi connectivity index (χ1v) is 6.24. The molecule has 0 saturated carbocycles. The van der Waals surface area contributed by atoms with Crippen molar-refractivity contribution in [1.82, 2.24) is 10.3 Å². The van der Waals surface area contributed by atoms with Gasteiger partial charge in [0.2, 0.25) is 0 Å². The molecule has 0 aliphatic carbocycles. The fraction of sp³-hybridized carbons (Fsp3) is 0.429. The lowest BCUT2D eigenvalue weighted by Gasteiger charge is -2.22. The van der Waals surface area contributed by atoms with Crippen molar-refractivity contribution in [3.05, 3.63) is 30.0 Å². The summed E-state index contributed by atoms with van der Waals surface area (Å²) in [7, 11) is 1.70. The van der Waals surface area contributed by atoms with Crippen molar-refractivity contribution in [3.8, 4) is 5.75 Å². The second-order valence-electron chi connectivity index (χ2n) is 4.70. The summed E-state index contributed by atoms with van der Waals surface area (Å²) in [6.07, 6.45) is 4.71. The predicted molar refractivity (Wildman–Crippen MR) is 69.7 cm³/mol. The van der Waals surface area contributed by atoms with Crippen LogP contribution in [-0.2, 0) is 0 Å². The lowest BCUT2D eigenvalue weighted by atomic mass is 9.91. The number of piperidine rings is 1. The Morgan fingerprint density at radius 1 is 1.35 bits per heavy atom. The van der Waals surface area contributed by atoms with E-state index in [4.69, 9.17) is 4.74 Å². The van der Waals surface area contributed by atoms with Gasteiger partial charge in [-0.3, -0.25) is 0 Å². The normalized spacial score (nSPS) is 20.6. The first-order valence-electron chi connectivity index (χ1n) is 6.24. The van der Waals surface area contributed by atoms with Gasteiger partial charge in [0, 0.05) is 29.7 Å². The lowest BCUT2D eigenvalue weighted by Crippen LogP contribution is -2.28. The summed E-state index contributed by atoms with van der Waals surface area (Å²) in [6.45, 7) is 2.26. The molecule has 0 bridgehead atoms. The van der Waals surface area contributed by atoms with Gasteiger partial charge >= 0.3 is 0 Å². The van der Waals surface area contributed by atoms with Crippen LogP contribution in [0.2, 0.25) is 0 Å². The fourth-order valence-corrected chi connectivity index (χ4v) is 2.71. The molecule has 1 aliphatic rings. The van der Waals surface area contributed by atoms with Crippen LogP contribution in [0.1, 0.15) is 24.3 Å². The zero-order chi connectivity index (χ0) is 11.7. The van der Waals surface area contributed by atoms with Gasteiger partial charge in [0.1, 0.15) is 5.75 Å². The number of fused-ring (bicyclic) bond motifs is 1. The summed E-state index contributed by atoms with van der Waals surface area (Å²) in [4.78, 5) is 3.35. The van der Waals surface area contributed by atoms with E-state index in [1.54, 1.807) is 7.11 Å². The molecule has 0 spiro atoms. The van der Waals surface area contributed by atoms with Gasteiger partial charge in [0.25, 0.3) is 0 Å². The van der Waals surface area contributed by atoms with E-state index in [9.17, 15) is 0 Å². The molecule has 1 aliphatic heterocycles. The van der Waals surface area contributed by atoms with Gasteiger partial charge in [-0.2, -0.15) is 0 Å². The number of nitrogens with one attached hydrogen (secondary N) is 2. The van der Waals surface area contributed by atoms with Crippen molar-refractivity contribution < 1.29 is 4.74 Å². The van der Waals surface area contributed by atoms with Crippen molar-refractivity contribution in [2.24, 2.45) is 0 Å². The number of ether oxygens (including phenoxy) is 1. The molecule has 17 heavy (non-hydrogen) atoms. The number of aromatic amines is 1. The highest BCUT2D eigenvalue weighted by atomic mass is 16.5. The van der Waals surface area contributed by atoms with E-state index in [1.165, 1.54) is 29.3 Å². The molecule has 1 saturated heterocycles. The molecule has 1 unspecified atom stereocenters. The highest BCUT2D eigenvalue weighted by Crippen LogP contribution is 2.31. The van der Waals surface area contributed by atoms with E-state index >= 15 is 0 Å². The number of methoxy groups -OCH3 is 1. The minimum absolute atomic E-state index is 0.644. The first-order chi connectivity index (χ1) is 8.38. The molecule has 0 radical (unpaired) electrons. The van der Waals surface area contributed by atoms with Crippen molar-refractivity contribution >= 4 is 10.9 Å². The average Bonchev–Trinajstić information content (AvgIpc) is 2.82. The molecular formula is C14H18N2O. The Labute approximate surface area is 101 Å². The van der Waals surface area contributed by atoms with E-state index < -0.39 is 0 Å². The number of hydrogen-bond donors (Lipinski definition) is 2. The molecule has 2 aromatic rings. The second-order valence-corrected chi connectivity index (χ2v) is 4.70. The summed E-state index contributed by atoms with van der Waals surface area (Å²) in [5.41, 5.74) is 2.61. The Balaban J connectivity index is 1.99. The molecule has 1 aromatic carbocycles. The van der Waals surface area contributed by atoms with Crippen molar-refractivity contribution in [1.29, 1.82) is 0 Å². The molecule has 1 aromatic heterocycles. The fourth-order valence-electron chi connectivity index (χ4n) is 2.71. The molecule has 2 N–H and O–H groups in total. The summed E-state index contributed by atoms with van der Waals surface area (Å²) >= 11 is 0. The Morgan fingerprint density at radius 2 is 2.29 bits per heavy atom. The highest BCUT2D eigenvalue weighted by Gasteiger charge is 2.18. The van der Waals surface area contributed by atoms with E-state index in [0.29, 0.717) is 5.92 Å². The van der Waals surface area contributed by atoms with E-state index in [2.05, 4.69) is 28.6 Å². The van der Waals surface area contributed by atoms with Crippen molar-refractivity contribution in [2.45, 2.75) is 18.8 Å². The smallest absolute Gasteiger partial charge is 0.120 e. The van der Waals surface area contributed by atoms with Crippen LogP contribution in [0.15, 0.2) is 24.4 Å². The van der Waals surface area contributed by atoms with Gasteiger partial charge in [-0.15, -0.1) is 0 Å². The Hall–Kier alpha value is -1.48. The summed E-state index contributed by atoms with van der Waals surface area (Å²) in [6, 6.07) is 6.26. The lowest BCUT2D eigenvalue weighted by molar-refractivity contribution is 0.415. The SMILES string of the molecule is COc1ccc2c(C3CCCNC3)c[nH]c2c1. The summed E-state index contributed by atoms with van der Waals surface area (Å²) in [5, 5.41) is 4.80. The molecule has 3 nitrogen and oxygen atoms in total. The first kappa shape index (κ1) is 10.7. The third-order valence-corrected chi connectivity index (χ3v) is 3.66. The minimum Gasteiger partial charge on any atom is -0.497 e. The maximum atomic E-state index is 5.24. The monoisotopic (exact) mass is 230 g/mol. The van der Waals surface area contributed by atoms with Gasteiger partial charge < -0.3 is 15.0 Å². The number of H-pyrrole nitrogens is 1. The van der Waals surface area contributed by atoms with Crippen molar-refractivity contribution in [2.75, 3.05) is 20.2 Å². The van der Waals surface area contributed by atoms with Gasteiger partial charge in [-0.1, -0.05) is 0 Å². The molecule has 1 atom stereocenters. The largest absolute Gasteiger partial charge is 0.497 e. The maximum absolute atomic E-state index is 5.24. The van der Waals surface area contributed by atoms with Crippen LogP contribution in [0.25, 0.3) is 10.9 Å². The Bertz CT molecular complexity index is 512. The molecule has 0 amide bonds. The van der Waals surface area contributed by atoms with Crippen LogP contribution in [0.5, 0.6) is 5.75 Å². The number of rotatable bonds is 2. The predicted octanol–water partition coefficient (Wildman–Crippen LogP) is 2.64. The van der Waals surface area contributed by atoms with E-state index in [1.807, 2.05) is 6.07 Å². The van der Waals surface area contributed by atoms with Crippen LogP contribution in [0, 0.1) is 0 Å². The van der Waals surface area contributed by atoms with Crippen LogP contribution in [-0.4, -0.2) is 25.2 Å². The van der Waals surface area contributed by atoms with Crippen LogP contribution in [0.4, 0.5) is 0 Å². The van der Waals surface area contributed by atoms with Crippen LogP contribution < -0.4 is 10.1 Å². The quantitative estimate of drug-likeness (QED) is 0.832. The number of benzene rings is 1. The Morgan fingerprint density at radius 3 is 3.06 bits per heavy atom. The third-order valence-electron chi connectivity index (χ3n) is 3.66. The number of aromatic nitrogens is 1. The molecule has 3 rings (SSSR count). The molecule has 1 fully saturated rings. The van der Waals surface area contributed by atoms with E-state index in [-0.39, 0.29) is 0 Å². The third kappa shape index (κ3) is 1.91. The zero-order valence-electron chi connectivity index (χ0n) is 10.1. The van der Waals surface area contributed by atoms with Gasteiger partial charge in [0.15, 0.2) is 0 Å².